The van der Waals surface area contributed by atoms with Gasteiger partial charge >= 0.3 is 0 Å². The predicted octanol–water partition coefficient (Wildman–Crippen LogP) is 3.73. The molecule has 2 N–H and O–H groups in total. The van der Waals surface area contributed by atoms with Gasteiger partial charge in [-0.3, -0.25) is 0 Å². The molecule has 7 nitrogen and oxygen atoms in total. The van der Waals surface area contributed by atoms with E-state index in [1.807, 2.05) is 24.3 Å². The molecule has 170 valence electrons. The maximum Gasteiger partial charge on any atom is 0.296 e. The Morgan fingerprint density at radius 3 is 2.67 bits per heavy atom. The summed E-state index contributed by atoms with van der Waals surface area (Å²) in [7, 11) is 0. The standard InChI is InChI=1S/C25H24ClN3O4/c26-17-11-18-24(29-25(27-18)33-20-13-32-22-19(30)12-31-23(20)22)28-21(17)16-9-7-15(8-10-16)6-5-14-3-1-2-4-14/h7-11,14,19-20,22-23,30H,1-4,12-13H2,(H,27,28,29)/t19-,20-,22-,23-/m1/s1. The molecule has 3 aliphatic rings. The third kappa shape index (κ3) is 4.09. The Morgan fingerprint density at radius 2 is 1.85 bits per heavy atom. The van der Waals surface area contributed by atoms with Crippen molar-refractivity contribution in [1.29, 1.82) is 0 Å². The molecule has 0 amide bonds. The number of imidazole rings is 1. The number of hydrogen-bond donors (Lipinski definition) is 2. The van der Waals surface area contributed by atoms with Crippen LogP contribution in [-0.2, 0) is 9.47 Å². The number of aliphatic hydroxyl groups is 1. The highest BCUT2D eigenvalue weighted by Gasteiger charge is 2.48. The van der Waals surface area contributed by atoms with Crippen LogP contribution < -0.4 is 4.74 Å². The molecule has 0 unspecified atom stereocenters. The average Bonchev–Trinajstić information content (AvgIpc) is 3.60. The van der Waals surface area contributed by atoms with Gasteiger partial charge in [0.15, 0.2) is 11.8 Å². The van der Waals surface area contributed by atoms with E-state index < -0.39 is 6.10 Å². The molecule has 2 aliphatic heterocycles. The number of aromatic nitrogens is 3. The Bertz CT molecular complexity index is 1230. The van der Waals surface area contributed by atoms with E-state index in [-0.39, 0.29) is 24.9 Å². The van der Waals surface area contributed by atoms with Gasteiger partial charge in [-0.25, -0.2) is 4.98 Å². The van der Waals surface area contributed by atoms with Crippen LogP contribution >= 0.6 is 11.6 Å². The summed E-state index contributed by atoms with van der Waals surface area (Å²) in [6.45, 7) is 0.583. The van der Waals surface area contributed by atoms with Crippen LogP contribution in [0.25, 0.3) is 22.4 Å². The first-order valence-electron chi connectivity index (χ1n) is 11.4. The van der Waals surface area contributed by atoms with E-state index in [9.17, 15) is 5.11 Å². The third-order valence-electron chi connectivity index (χ3n) is 6.58. The smallest absolute Gasteiger partial charge is 0.296 e. The van der Waals surface area contributed by atoms with E-state index in [4.69, 9.17) is 25.8 Å². The predicted molar refractivity (Wildman–Crippen MR) is 123 cm³/mol. The van der Waals surface area contributed by atoms with E-state index in [2.05, 4.69) is 26.8 Å². The summed E-state index contributed by atoms with van der Waals surface area (Å²) in [5.74, 6) is 7.22. The number of fused-ring (bicyclic) bond motifs is 2. The molecule has 0 spiro atoms. The van der Waals surface area contributed by atoms with E-state index in [0.29, 0.717) is 40.4 Å². The summed E-state index contributed by atoms with van der Waals surface area (Å²) in [6, 6.07) is 10.1. The second-order valence-corrected chi connectivity index (χ2v) is 9.29. The Hall–Kier alpha value is -2.63. The summed E-state index contributed by atoms with van der Waals surface area (Å²) in [5, 5.41) is 10.4. The molecule has 0 bridgehead atoms. The van der Waals surface area contributed by atoms with Crippen LogP contribution in [0.1, 0.15) is 31.2 Å². The fraction of sp³-hybridized carbons (Fsp3) is 0.440. The van der Waals surface area contributed by atoms with Gasteiger partial charge in [-0.05, 0) is 31.0 Å². The Morgan fingerprint density at radius 1 is 1.06 bits per heavy atom. The number of rotatable bonds is 3. The lowest BCUT2D eigenvalue weighted by Crippen LogP contribution is -2.34. The lowest BCUT2D eigenvalue weighted by molar-refractivity contribution is 0.00706. The molecule has 3 fully saturated rings. The van der Waals surface area contributed by atoms with E-state index in [1.54, 1.807) is 6.07 Å². The molecule has 4 heterocycles. The molecule has 4 atom stereocenters. The summed E-state index contributed by atoms with van der Waals surface area (Å²) in [4.78, 5) is 12.3. The van der Waals surface area contributed by atoms with Gasteiger partial charge in [0.25, 0.3) is 6.01 Å². The van der Waals surface area contributed by atoms with Gasteiger partial charge in [-0.1, -0.05) is 48.4 Å². The molecule has 1 saturated carbocycles. The highest BCUT2D eigenvalue weighted by molar-refractivity contribution is 6.33. The number of hydrogen-bond acceptors (Lipinski definition) is 6. The third-order valence-corrected chi connectivity index (χ3v) is 6.87. The van der Waals surface area contributed by atoms with Gasteiger partial charge < -0.3 is 24.3 Å². The summed E-state index contributed by atoms with van der Waals surface area (Å²) < 4.78 is 17.2. The van der Waals surface area contributed by atoms with Crippen LogP contribution in [0.15, 0.2) is 30.3 Å². The van der Waals surface area contributed by atoms with Crippen molar-refractivity contribution in [3.63, 3.8) is 0 Å². The minimum Gasteiger partial charge on any atom is -0.456 e. The molecule has 3 aromatic rings. The van der Waals surface area contributed by atoms with Crippen molar-refractivity contribution in [2.24, 2.45) is 5.92 Å². The number of aliphatic hydroxyl groups excluding tert-OH is 1. The molecule has 1 aliphatic carbocycles. The molecule has 0 radical (unpaired) electrons. The van der Waals surface area contributed by atoms with Gasteiger partial charge in [0, 0.05) is 17.0 Å². The number of benzene rings is 1. The van der Waals surface area contributed by atoms with Crippen molar-refractivity contribution in [3.05, 3.63) is 40.9 Å². The van der Waals surface area contributed by atoms with Gasteiger partial charge in [0.05, 0.1) is 29.4 Å². The Kier molecular flexibility index (Phi) is 5.47. The molecule has 8 heteroatoms. The SMILES string of the molecule is O[C@@H]1CO[C@H]2[C@@H]1OC[C@H]2Oc1nc2nc(-c3ccc(C#CC4CCCC4)cc3)c(Cl)cc2[nH]1. The van der Waals surface area contributed by atoms with Crippen LogP contribution in [0.3, 0.4) is 0 Å². The Balaban J connectivity index is 1.21. The maximum atomic E-state index is 9.90. The van der Waals surface area contributed by atoms with Crippen molar-refractivity contribution in [2.75, 3.05) is 13.2 Å². The first kappa shape index (κ1) is 20.9. The summed E-state index contributed by atoms with van der Waals surface area (Å²) in [6.07, 6.45) is 3.37. The lowest BCUT2D eigenvalue weighted by atomic mass is 10.1. The number of aromatic amines is 1. The molecule has 2 aromatic heterocycles. The van der Waals surface area contributed by atoms with Gasteiger partial charge in [-0.15, -0.1) is 0 Å². The minimum atomic E-state index is -0.623. The number of nitrogens with one attached hydrogen (secondary N) is 1. The van der Waals surface area contributed by atoms with Gasteiger partial charge in [-0.2, -0.15) is 4.98 Å². The number of halogens is 1. The summed E-state index contributed by atoms with van der Waals surface area (Å²) >= 11 is 6.55. The van der Waals surface area contributed by atoms with Gasteiger partial charge in [0.2, 0.25) is 0 Å². The molecular weight excluding hydrogens is 442 g/mol. The first-order valence-corrected chi connectivity index (χ1v) is 11.8. The van der Waals surface area contributed by atoms with Crippen molar-refractivity contribution in [2.45, 2.75) is 50.1 Å². The zero-order valence-corrected chi connectivity index (χ0v) is 18.7. The largest absolute Gasteiger partial charge is 0.456 e. The second-order valence-electron chi connectivity index (χ2n) is 8.88. The molecule has 6 rings (SSSR count). The minimum absolute atomic E-state index is 0.251. The molecular formula is C25H24ClN3O4. The zero-order valence-electron chi connectivity index (χ0n) is 18.0. The highest BCUT2D eigenvalue weighted by Crippen LogP contribution is 2.32. The number of ether oxygens (including phenoxy) is 3. The number of H-pyrrole nitrogens is 1. The summed E-state index contributed by atoms with van der Waals surface area (Å²) in [5.41, 5.74) is 3.75. The molecule has 2 saturated heterocycles. The fourth-order valence-corrected chi connectivity index (χ4v) is 5.07. The zero-order chi connectivity index (χ0) is 22.4. The van der Waals surface area contributed by atoms with Crippen LogP contribution in [0.2, 0.25) is 5.02 Å². The van der Waals surface area contributed by atoms with Crippen LogP contribution in [0, 0.1) is 17.8 Å². The highest BCUT2D eigenvalue weighted by atomic mass is 35.5. The average molecular weight is 466 g/mol. The van der Waals surface area contributed by atoms with Crippen molar-refractivity contribution < 1.29 is 19.3 Å². The molecule has 1 aromatic carbocycles. The molecule has 33 heavy (non-hydrogen) atoms. The topological polar surface area (TPSA) is 89.5 Å². The fourth-order valence-electron chi connectivity index (χ4n) is 4.81. The quantitative estimate of drug-likeness (QED) is 0.573. The van der Waals surface area contributed by atoms with Crippen molar-refractivity contribution >= 4 is 22.8 Å². The monoisotopic (exact) mass is 465 g/mol. The Labute approximate surface area is 196 Å². The van der Waals surface area contributed by atoms with Gasteiger partial charge in [0.1, 0.15) is 18.3 Å². The lowest BCUT2D eigenvalue weighted by Gasteiger charge is -2.15. The first-order chi connectivity index (χ1) is 16.1. The van der Waals surface area contributed by atoms with E-state index in [1.165, 1.54) is 25.7 Å². The van der Waals surface area contributed by atoms with E-state index in [0.717, 1.165) is 11.1 Å². The maximum absolute atomic E-state index is 9.90. The van der Waals surface area contributed by atoms with Crippen molar-refractivity contribution in [3.8, 4) is 29.1 Å². The van der Waals surface area contributed by atoms with Crippen LogP contribution in [0.5, 0.6) is 6.01 Å². The van der Waals surface area contributed by atoms with Crippen molar-refractivity contribution in [1.82, 2.24) is 15.0 Å². The van der Waals surface area contributed by atoms with E-state index >= 15 is 0 Å². The van der Waals surface area contributed by atoms with Crippen LogP contribution in [0.4, 0.5) is 0 Å². The van der Waals surface area contributed by atoms with Crippen LogP contribution in [-0.4, -0.2) is 57.7 Å². The normalized spacial score (nSPS) is 27.0. The second kappa shape index (κ2) is 8.62. The number of nitrogens with zero attached hydrogens (tertiary/aromatic N) is 2. The number of pyridine rings is 1.